The van der Waals surface area contributed by atoms with Gasteiger partial charge in [0.2, 0.25) is 0 Å². The quantitative estimate of drug-likeness (QED) is 0.0202. The molecule has 342 valence electrons. The van der Waals surface area contributed by atoms with E-state index in [1.807, 2.05) is 12.2 Å². The normalized spacial score (nSPS) is 13.4. The summed E-state index contributed by atoms with van der Waals surface area (Å²) in [7, 11) is -4.39. The summed E-state index contributed by atoms with van der Waals surface area (Å²) >= 11 is 0. The van der Waals surface area contributed by atoms with Gasteiger partial charge in [-0.05, 0) is 19.3 Å². The van der Waals surface area contributed by atoms with Crippen molar-refractivity contribution in [1.29, 1.82) is 0 Å². The molecular weight excluding hydrogens is 750 g/mol. The minimum Gasteiger partial charge on any atom is -0.458 e. The van der Waals surface area contributed by atoms with Crippen molar-refractivity contribution in [1.82, 2.24) is 0 Å². The van der Waals surface area contributed by atoms with Crippen molar-refractivity contribution in [2.24, 2.45) is 5.73 Å². The molecule has 0 aliphatic heterocycles. The van der Waals surface area contributed by atoms with Crippen LogP contribution in [0.25, 0.3) is 0 Å². The molecule has 0 heterocycles. The standard InChI is InChI=1S/C48H92NO8P/c1-3-5-7-9-11-13-15-17-19-20-21-22-23-24-25-27-29-31-33-35-37-39-41-48(51)57-46(45-56-58(52,53)55-43-42-49)44-54-47(50)40-38-36-34-32-30-28-26-18-16-14-12-10-8-6-4-2/h34,36,38,40,46H,3-33,35,37,39,41-45,49H2,1-2H3,(H,52,53)/b36-34+,40-38+/t46-/m1/s1. The van der Waals surface area contributed by atoms with Crippen molar-refractivity contribution in [2.45, 2.75) is 245 Å². The van der Waals surface area contributed by atoms with E-state index in [4.69, 9.17) is 24.3 Å². The molecule has 0 aromatic heterocycles. The molecule has 0 aromatic rings. The molecule has 0 saturated carbocycles. The number of hydrogen-bond donors (Lipinski definition) is 2. The summed E-state index contributed by atoms with van der Waals surface area (Å²) in [4.78, 5) is 34.8. The van der Waals surface area contributed by atoms with Gasteiger partial charge in [0.25, 0.3) is 0 Å². The van der Waals surface area contributed by atoms with Gasteiger partial charge in [0.1, 0.15) is 6.61 Å². The molecule has 0 rings (SSSR count). The molecule has 0 aliphatic carbocycles. The first kappa shape index (κ1) is 56.5. The number of allylic oxidation sites excluding steroid dienone is 3. The Labute approximate surface area is 357 Å². The second kappa shape index (κ2) is 45.0. The average molecular weight is 842 g/mol. The van der Waals surface area contributed by atoms with E-state index in [0.717, 1.165) is 32.1 Å². The fourth-order valence-electron chi connectivity index (χ4n) is 7.08. The maximum Gasteiger partial charge on any atom is 0.472 e. The third kappa shape index (κ3) is 44.1. The predicted octanol–water partition coefficient (Wildman–Crippen LogP) is 14.3. The van der Waals surface area contributed by atoms with Crippen LogP contribution in [-0.4, -0.2) is 49.3 Å². The maximum absolute atomic E-state index is 12.6. The lowest BCUT2D eigenvalue weighted by molar-refractivity contribution is -0.159. The Kier molecular flexibility index (Phi) is 43.9. The van der Waals surface area contributed by atoms with Gasteiger partial charge in [-0.2, -0.15) is 0 Å². The number of hydrogen-bond acceptors (Lipinski definition) is 8. The van der Waals surface area contributed by atoms with Crippen LogP contribution in [0.4, 0.5) is 0 Å². The van der Waals surface area contributed by atoms with Crippen LogP contribution in [0.15, 0.2) is 24.3 Å². The van der Waals surface area contributed by atoms with Crippen LogP contribution < -0.4 is 5.73 Å². The molecule has 9 nitrogen and oxygen atoms in total. The lowest BCUT2D eigenvalue weighted by Gasteiger charge is -2.19. The van der Waals surface area contributed by atoms with Gasteiger partial charge in [-0.1, -0.05) is 231 Å². The molecule has 0 aromatic carbocycles. The monoisotopic (exact) mass is 842 g/mol. The van der Waals surface area contributed by atoms with Crippen LogP contribution >= 0.6 is 7.82 Å². The number of carbonyl (C=O) groups is 2. The first-order valence-electron chi connectivity index (χ1n) is 24.4. The Balaban J connectivity index is 4.09. The zero-order valence-corrected chi connectivity index (χ0v) is 38.7. The molecule has 1 unspecified atom stereocenters. The molecule has 0 saturated heterocycles. The molecular formula is C48H92NO8P. The third-order valence-electron chi connectivity index (χ3n) is 10.7. The maximum atomic E-state index is 12.6. The van der Waals surface area contributed by atoms with Gasteiger partial charge in [-0.25, -0.2) is 9.36 Å². The van der Waals surface area contributed by atoms with E-state index in [0.29, 0.717) is 6.42 Å². The van der Waals surface area contributed by atoms with E-state index in [-0.39, 0.29) is 26.2 Å². The number of esters is 2. The predicted molar refractivity (Wildman–Crippen MR) is 243 cm³/mol. The summed E-state index contributed by atoms with van der Waals surface area (Å²) < 4.78 is 32.7. The molecule has 0 amide bonds. The lowest BCUT2D eigenvalue weighted by atomic mass is 10.0. The molecule has 10 heteroatoms. The van der Waals surface area contributed by atoms with Crippen molar-refractivity contribution in [2.75, 3.05) is 26.4 Å². The van der Waals surface area contributed by atoms with E-state index in [1.165, 1.54) is 186 Å². The first-order valence-corrected chi connectivity index (χ1v) is 25.9. The Bertz CT molecular complexity index is 1010. The van der Waals surface area contributed by atoms with E-state index in [9.17, 15) is 19.0 Å². The smallest absolute Gasteiger partial charge is 0.458 e. The van der Waals surface area contributed by atoms with Gasteiger partial charge in [0, 0.05) is 19.0 Å². The summed E-state index contributed by atoms with van der Waals surface area (Å²) in [6.07, 6.45) is 49.9. The molecule has 0 radical (unpaired) electrons. The Morgan fingerprint density at radius 3 is 1.36 bits per heavy atom. The average Bonchev–Trinajstić information content (AvgIpc) is 3.21. The van der Waals surface area contributed by atoms with E-state index >= 15 is 0 Å². The van der Waals surface area contributed by atoms with Gasteiger partial charge in [-0.3, -0.25) is 13.8 Å². The number of unbranched alkanes of at least 4 members (excludes halogenated alkanes) is 32. The molecule has 0 spiro atoms. The molecule has 0 fully saturated rings. The summed E-state index contributed by atoms with van der Waals surface area (Å²) in [5.41, 5.74) is 5.35. The van der Waals surface area contributed by atoms with Crippen LogP contribution in [-0.2, 0) is 32.7 Å². The first-order chi connectivity index (χ1) is 28.3. The van der Waals surface area contributed by atoms with Crippen LogP contribution in [0.3, 0.4) is 0 Å². The number of carbonyl (C=O) groups excluding carboxylic acids is 2. The van der Waals surface area contributed by atoms with Gasteiger partial charge in [-0.15, -0.1) is 0 Å². The minimum atomic E-state index is -4.39. The van der Waals surface area contributed by atoms with Gasteiger partial charge in [0.05, 0.1) is 13.2 Å². The Hall–Kier alpha value is -1.51. The van der Waals surface area contributed by atoms with Crippen LogP contribution in [0.1, 0.15) is 239 Å². The van der Waals surface area contributed by atoms with Gasteiger partial charge in [0.15, 0.2) is 6.10 Å². The van der Waals surface area contributed by atoms with Crippen molar-refractivity contribution in [3.63, 3.8) is 0 Å². The highest BCUT2D eigenvalue weighted by Gasteiger charge is 2.25. The van der Waals surface area contributed by atoms with Crippen LogP contribution in [0.5, 0.6) is 0 Å². The number of nitrogens with two attached hydrogens (primary N) is 1. The minimum absolute atomic E-state index is 0.0452. The number of rotatable bonds is 46. The van der Waals surface area contributed by atoms with Crippen LogP contribution in [0, 0.1) is 0 Å². The third-order valence-corrected chi connectivity index (χ3v) is 11.7. The van der Waals surface area contributed by atoms with Crippen molar-refractivity contribution < 1.29 is 37.6 Å². The largest absolute Gasteiger partial charge is 0.472 e. The summed E-state index contributed by atoms with van der Waals surface area (Å²) in [6, 6.07) is 0. The molecule has 58 heavy (non-hydrogen) atoms. The summed E-state index contributed by atoms with van der Waals surface area (Å²) in [5.74, 6) is -1.07. The SMILES string of the molecule is CCCCCCCCCCCCC/C=C/C=C/C(=O)OC[C@H](COP(=O)(O)OCCN)OC(=O)CCCCCCCCCCCCCCCCCCCCCCCC. The van der Waals surface area contributed by atoms with Gasteiger partial charge >= 0.3 is 19.8 Å². The Morgan fingerprint density at radius 1 is 0.552 bits per heavy atom. The van der Waals surface area contributed by atoms with Crippen molar-refractivity contribution >= 4 is 19.8 Å². The highest BCUT2D eigenvalue weighted by atomic mass is 31.2. The molecule has 2 atom stereocenters. The highest BCUT2D eigenvalue weighted by molar-refractivity contribution is 7.47. The van der Waals surface area contributed by atoms with E-state index in [2.05, 4.69) is 13.8 Å². The topological polar surface area (TPSA) is 134 Å². The van der Waals surface area contributed by atoms with Crippen molar-refractivity contribution in [3.8, 4) is 0 Å². The fourth-order valence-corrected chi connectivity index (χ4v) is 7.85. The Morgan fingerprint density at radius 2 is 0.948 bits per heavy atom. The van der Waals surface area contributed by atoms with Crippen LogP contribution in [0.2, 0.25) is 0 Å². The fraction of sp³-hybridized carbons (Fsp3) is 0.875. The van der Waals surface area contributed by atoms with Crippen molar-refractivity contribution in [3.05, 3.63) is 24.3 Å². The highest BCUT2D eigenvalue weighted by Crippen LogP contribution is 2.43. The zero-order chi connectivity index (χ0) is 42.5. The molecule has 0 aliphatic rings. The molecule has 0 bridgehead atoms. The van der Waals surface area contributed by atoms with E-state index < -0.39 is 32.5 Å². The lowest BCUT2D eigenvalue weighted by Crippen LogP contribution is -2.29. The summed E-state index contributed by atoms with van der Waals surface area (Å²) in [5, 5.41) is 0. The molecule has 3 N–H and O–H groups in total. The van der Waals surface area contributed by atoms with Gasteiger partial charge < -0.3 is 20.1 Å². The number of ether oxygens (including phenoxy) is 2. The van der Waals surface area contributed by atoms with E-state index in [1.54, 1.807) is 6.08 Å². The number of phosphoric acid groups is 1. The zero-order valence-electron chi connectivity index (χ0n) is 37.8. The second-order valence-electron chi connectivity index (χ2n) is 16.4. The second-order valence-corrected chi connectivity index (χ2v) is 17.9. The summed E-state index contributed by atoms with van der Waals surface area (Å²) in [6.45, 7) is 3.64. The number of phosphoric ester groups is 1.